The standard InChI is InChI=1S/C19H26N4O2.2C2HF3O2/c1-22-7-6-21-19(22)12-23-8-9-25-18-11-15(10-17(18)23)13-24-14-16-4-2-3-5-20-16;2*3-2(4,5)1(6)7/h2-7,15,17-18H,8-14H2,1H3;2*(H,6,7)/t15?,17-,18-;;/m1../s1. The molecule has 218 valence electrons. The van der Waals surface area contributed by atoms with Crippen LogP contribution in [0.4, 0.5) is 26.3 Å². The van der Waals surface area contributed by atoms with Crippen molar-refractivity contribution in [2.75, 3.05) is 19.8 Å². The summed E-state index contributed by atoms with van der Waals surface area (Å²) in [5.74, 6) is -3.84. The van der Waals surface area contributed by atoms with E-state index in [-0.39, 0.29) is 0 Å². The Morgan fingerprint density at radius 2 is 1.69 bits per heavy atom. The van der Waals surface area contributed by atoms with Crippen molar-refractivity contribution in [3.05, 3.63) is 48.3 Å². The van der Waals surface area contributed by atoms with Crippen LogP contribution in [-0.2, 0) is 39.3 Å². The number of pyridine rings is 1. The van der Waals surface area contributed by atoms with Gasteiger partial charge in [-0.2, -0.15) is 26.3 Å². The molecule has 0 bridgehead atoms. The molecule has 1 saturated heterocycles. The van der Waals surface area contributed by atoms with E-state index < -0.39 is 24.3 Å². The maximum atomic E-state index is 10.6. The largest absolute Gasteiger partial charge is 0.490 e. The molecule has 0 amide bonds. The second-order valence-electron chi connectivity index (χ2n) is 8.68. The minimum Gasteiger partial charge on any atom is -0.475 e. The van der Waals surface area contributed by atoms with Crippen LogP contribution < -0.4 is 0 Å². The Morgan fingerprint density at radius 3 is 2.21 bits per heavy atom. The van der Waals surface area contributed by atoms with Gasteiger partial charge in [0.15, 0.2) is 0 Å². The van der Waals surface area contributed by atoms with E-state index in [1.54, 1.807) is 0 Å². The van der Waals surface area contributed by atoms with Gasteiger partial charge in [-0.1, -0.05) is 6.07 Å². The summed E-state index contributed by atoms with van der Waals surface area (Å²) in [6.45, 7) is 4.06. The van der Waals surface area contributed by atoms with E-state index in [9.17, 15) is 26.3 Å². The Labute approximate surface area is 219 Å². The molecule has 2 N–H and O–H groups in total. The summed E-state index contributed by atoms with van der Waals surface area (Å²) in [5.41, 5.74) is 0.991. The molecular formula is C23H28F6N4O6. The monoisotopic (exact) mass is 570 g/mol. The van der Waals surface area contributed by atoms with Crippen LogP contribution >= 0.6 is 0 Å². The van der Waals surface area contributed by atoms with Crippen LogP contribution in [0.1, 0.15) is 24.4 Å². The highest BCUT2D eigenvalue weighted by Crippen LogP contribution is 2.35. The maximum Gasteiger partial charge on any atom is 0.490 e. The number of aromatic nitrogens is 3. The first-order valence-electron chi connectivity index (χ1n) is 11.6. The third-order valence-corrected chi connectivity index (χ3v) is 5.83. The zero-order chi connectivity index (χ0) is 29.2. The number of hydrogen-bond donors (Lipinski definition) is 2. The third kappa shape index (κ3) is 10.8. The number of carbonyl (C=O) groups is 2. The predicted octanol–water partition coefficient (Wildman–Crippen LogP) is 3.28. The number of ether oxygens (including phenoxy) is 2. The quantitative estimate of drug-likeness (QED) is 0.503. The number of aryl methyl sites for hydroxylation is 1. The Balaban J connectivity index is 0.000000317. The van der Waals surface area contributed by atoms with Gasteiger partial charge in [0, 0.05) is 38.2 Å². The fourth-order valence-corrected chi connectivity index (χ4v) is 4.00. The van der Waals surface area contributed by atoms with Crippen molar-refractivity contribution in [1.29, 1.82) is 0 Å². The number of aliphatic carboxylic acids is 2. The first-order chi connectivity index (χ1) is 18.2. The zero-order valence-corrected chi connectivity index (χ0v) is 20.7. The van der Waals surface area contributed by atoms with Gasteiger partial charge >= 0.3 is 24.3 Å². The van der Waals surface area contributed by atoms with Gasteiger partial charge in [0.1, 0.15) is 5.82 Å². The van der Waals surface area contributed by atoms with Crippen molar-refractivity contribution in [2.45, 2.75) is 50.5 Å². The van der Waals surface area contributed by atoms with Crippen molar-refractivity contribution in [3.63, 3.8) is 0 Å². The van der Waals surface area contributed by atoms with Crippen molar-refractivity contribution in [2.24, 2.45) is 13.0 Å². The maximum absolute atomic E-state index is 10.6. The molecule has 16 heteroatoms. The van der Waals surface area contributed by atoms with Crippen LogP contribution in [0, 0.1) is 5.92 Å². The Bertz CT molecular complexity index is 1030. The molecule has 10 nitrogen and oxygen atoms in total. The summed E-state index contributed by atoms with van der Waals surface area (Å²) < 4.78 is 77.5. The summed E-state index contributed by atoms with van der Waals surface area (Å²) in [6, 6.07) is 6.41. The van der Waals surface area contributed by atoms with Crippen molar-refractivity contribution in [1.82, 2.24) is 19.4 Å². The van der Waals surface area contributed by atoms with E-state index in [0.29, 0.717) is 24.7 Å². The highest BCUT2D eigenvalue weighted by molar-refractivity contribution is 5.73. The van der Waals surface area contributed by atoms with E-state index in [4.69, 9.17) is 29.3 Å². The second-order valence-corrected chi connectivity index (χ2v) is 8.68. The van der Waals surface area contributed by atoms with Gasteiger partial charge < -0.3 is 24.3 Å². The lowest BCUT2D eigenvalue weighted by Gasteiger charge is -2.37. The number of fused-ring (bicyclic) bond motifs is 1. The minimum absolute atomic E-state index is 0.331. The number of imidazole rings is 1. The number of hydrogen-bond acceptors (Lipinski definition) is 7. The normalized spacial score (nSPS) is 21.2. The van der Waals surface area contributed by atoms with Crippen molar-refractivity contribution in [3.8, 4) is 0 Å². The summed E-state index contributed by atoms with van der Waals surface area (Å²) in [6.07, 6.45) is -1.92. The van der Waals surface area contributed by atoms with Crippen LogP contribution in [0.15, 0.2) is 36.8 Å². The number of alkyl halides is 6. The molecule has 1 unspecified atom stereocenters. The lowest BCUT2D eigenvalue weighted by molar-refractivity contribution is -0.193. The number of nitrogens with zero attached hydrogens (tertiary/aromatic N) is 4. The van der Waals surface area contributed by atoms with E-state index >= 15 is 0 Å². The molecule has 2 aromatic rings. The highest BCUT2D eigenvalue weighted by Gasteiger charge is 2.41. The summed E-state index contributed by atoms with van der Waals surface area (Å²) in [7, 11) is 2.06. The average molecular weight is 570 g/mol. The van der Waals surface area contributed by atoms with Gasteiger partial charge in [0.05, 0.1) is 38.2 Å². The number of carboxylic acid groups (broad SMARTS) is 2. The summed E-state index contributed by atoms with van der Waals surface area (Å²) >= 11 is 0. The number of morpholine rings is 1. The van der Waals surface area contributed by atoms with Gasteiger partial charge in [0.25, 0.3) is 0 Å². The van der Waals surface area contributed by atoms with Gasteiger partial charge in [-0.25, -0.2) is 14.6 Å². The molecule has 1 aliphatic carbocycles. The predicted molar refractivity (Wildman–Crippen MR) is 121 cm³/mol. The van der Waals surface area contributed by atoms with E-state index in [0.717, 1.165) is 50.7 Å². The van der Waals surface area contributed by atoms with Gasteiger partial charge in [0.2, 0.25) is 0 Å². The topological polar surface area (TPSA) is 127 Å². The number of carboxylic acids is 2. The molecule has 3 atom stereocenters. The average Bonchev–Trinajstić information content (AvgIpc) is 3.45. The molecule has 0 radical (unpaired) electrons. The van der Waals surface area contributed by atoms with Crippen LogP contribution in [0.5, 0.6) is 0 Å². The van der Waals surface area contributed by atoms with Gasteiger partial charge in [-0.05, 0) is 30.9 Å². The molecule has 1 saturated carbocycles. The lowest BCUT2D eigenvalue weighted by Crippen LogP contribution is -2.48. The summed E-state index contributed by atoms with van der Waals surface area (Å²) in [4.78, 5) is 29.1. The molecule has 2 aromatic heterocycles. The molecule has 2 aliphatic rings. The Kier molecular flexibility index (Phi) is 11.7. The molecule has 0 spiro atoms. The molecule has 3 heterocycles. The van der Waals surface area contributed by atoms with Gasteiger partial charge in [-0.3, -0.25) is 9.88 Å². The first kappa shape index (κ1) is 32.0. The molecule has 4 rings (SSSR count). The van der Waals surface area contributed by atoms with E-state index in [1.165, 1.54) is 0 Å². The third-order valence-electron chi connectivity index (χ3n) is 5.83. The fraction of sp³-hybridized carbons (Fsp3) is 0.565. The number of halogens is 6. The Hall–Kier alpha value is -3.24. The van der Waals surface area contributed by atoms with E-state index in [2.05, 4.69) is 26.5 Å². The molecule has 0 aromatic carbocycles. The van der Waals surface area contributed by atoms with Crippen LogP contribution in [0.3, 0.4) is 0 Å². The van der Waals surface area contributed by atoms with Crippen molar-refractivity contribution < 1.29 is 55.6 Å². The minimum atomic E-state index is -5.08. The van der Waals surface area contributed by atoms with Crippen LogP contribution in [0.2, 0.25) is 0 Å². The van der Waals surface area contributed by atoms with Crippen LogP contribution in [0.25, 0.3) is 0 Å². The zero-order valence-electron chi connectivity index (χ0n) is 20.7. The highest BCUT2D eigenvalue weighted by atomic mass is 19.4. The molecule has 1 aliphatic heterocycles. The van der Waals surface area contributed by atoms with E-state index in [1.807, 2.05) is 36.8 Å². The van der Waals surface area contributed by atoms with Gasteiger partial charge in [-0.15, -0.1) is 0 Å². The smallest absolute Gasteiger partial charge is 0.475 e. The van der Waals surface area contributed by atoms with Crippen molar-refractivity contribution >= 4 is 11.9 Å². The first-order valence-corrected chi connectivity index (χ1v) is 11.6. The molecular weight excluding hydrogens is 542 g/mol. The van der Waals surface area contributed by atoms with Crippen LogP contribution in [-0.4, -0.2) is 85.8 Å². The molecule has 2 fully saturated rings. The SMILES string of the molecule is Cn1ccnc1CN1CCO[C@@H]2CC(COCc3ccccn3)C[C@H]21.O=C(O)C(F)(F)F.O=C(O)C(F)(F)F. The molecule has 39 heavy (non-hydrogen) atoms. The lowest BCUT2D eigenvalue weighted by atomic mass is 10.1. The number of rotatable bonds is 6. The second kappa shape index (κ2) is 14.2. The summed E-state index contributed by atoms with van der Waals surface area (Å²) in [5, 5.41) is 14.2. The fourth-order valence-electron chi connectivity index (χ4n) is 4.00. The Morgan fingerprint density at radius 1 is 1.05 bits per heavy atom.